The molecule has 0 N–H and O–H groups in total. The van der Waals surface area contributed by atoms with Gasteiger partial charge in [0.25, 0.3) is 0 Å². The average Bonchev–Trinajstić information content (AvgIpc) is 3.12. The topological polar surface area (TPSA) is 70.4 Å². The Balaban J connectivity index is 1.62. The SMILES string of the molecule is CCOC(=O)c1ccc(OC(=O)c2cnn(Cc3ccccc3)c2)cc1. The van der Waals surface area contributed by atoms with Crippen molar-refractivity contribution in [2.24, 2.45) is 0 Å². The van der Waals surface area contributed by atoms with Crippen molar-refractivity contribution < 1.29 is 19.1 Å². The number of nitrogens with zero attached hydrogens (tertiary/aromatic N) is 2. The zero-order valence-corrected chi connectivity index (χ0v) is 14.3. The molecule has 0 aliphatic carbocycles. The average molecular weight is 350 g/mol. The molecular weight excluding hydrogens is 332 g/mol. The molecule has 3 rings (SSSR count). The summed E-state index contributed by atoms with van der Waals surface area (Å²) < 4.78 is 11.9. The van der Waals surface area contributed by atoms with Crippen molar-refractivity contribution in [3.63, 3.8) is 0 Å². The normalized spacial score (nSPS) is 10.3. The Morgan fingerprint density at radius 1 is 0.962 bits per heavy atom. The van der Waals surface area contributed by atoms with Crippen molar-refractivity contribution in [3.8, 4) is 5.75 Å². The van der Waals surface area contributed by atoms with Crippen molar-refractivity contribution in [2.75, 3.05) is 6.61 Å². The number of carbonyl (C=O) groups is 2. The van der Waals surface area contributed by atoms with Gasteiger partial charge >= 0.3 is 11.9 Å². The molecule has 0 fully saturated rings. The van der Waals surface area contributed by atoms with Gasteiger partial charge in [-0.05, 0) is 36.8 Å². The van der Waals surface area contributed by atoms with E-state index in [-0.39, 0.29) is 0 Å². The Hall–Kier alpha value is -3.41. The van der Waals surface area contributed by atoms with Crippen LogP contribution in [-0.4, -0.2) is 28.3 Å². The zero-order chi connectivity index (χ0) is 18.4. The fraction of sp³-hybridized carbons (Fsp3) is 0.150. The summed E-state index contributed by atoms with van der Waals surface area (Å²) in [6, 6.07) is 16.1. The van der Waals surface area contributed by atoms with Crippen LogP contribution in [0.1, 0.15) is 33.2 Å². The van der Waals surface area contributed by atoms with E-state index in [0.717, 1.165) is 5.56 Å². The van der Waals surface area contributed by atoms with Gasteiger partial charge in [-0.2, -0.15) is 5.10 Å². The molecule has 0 bridgehead atoms. The molecule has 0 unspecified atom stereocenters. The molecule has 1 aromatic heterocycles. The van der Waals surface area contributed by atoms with Crippen LogP contribution in [0.3, 0.4) is 0 Å². The standard InChI is InChI=1S/C20H18N2O4/c1-2-25-19(23)16-8-10-18(11-9-16)26-20(24)17-12-21-22(14-17)13-15-6-4-3-5-7-15/h3-12,14H,2,13H2,1H3. The summed E-state index contributed by atoms with van der Waals surface area (Å²) in [7, 11) is 0. The molecule has 2 aromatic carbocycles. The highest BCUT2D eigenvalue weighted by atomic mass is 16.5. The highest BCUT2D eigenvalue weighted by molar-refractivity contribution is 5.91. The lowest BCUT2D eigenvalue weighted by atomic mass is 10.2. The number of hydrogen-bond acceptors (Lipinski definition) is 5. The van der Waals surface area contributed by atoms with E-state index in [1.165, 1.54) is 6.20 Å². The van der Waals surface area contributed by atoms with E-state index >= 15 is 0 Å². The maximum atomic E-state index is 12.2. The Labute approximate surface area is 151 Å². The first-order valence-electron chi connectivity index (χ1n) is 8.21. The molecule has 0 aliphatic rings. The molecule has 0 saturated carbocycles. The minimum Gasteiger partial charge on any atom is -0.462 e. The van der Waals surface area contributed by atoms with Crippen LogP contribution in [0.4, 0.5) is 0 Å². The molecule has 0 aliphatic heterocycles. The molecule has 0 atom stereocenters. The van der Waals surface area contributed by atoms with Crippen LogP contribution >= 0.6 is 0 Å². The summed E-state index contributed by atoms with van der Waals surface area (Å²) in [5.41, 5.74) is 1.85. The third-order valence-corrected chi connectivity index (χ3v) is 3.63. The van der Waals surface area contributed by atoms with Gasteiger partial charge in [-0.3, -0.25) is 4.68 Å². The van der Waals surface area contributed by atoms with Crippen molar-refractivity contribution in [3.05, 3.63) is 83.7 Å². The minimum atomic E-state index is -0.506. The lowest BCUT2D eigenvalue weighted by Gasteiger charge is -2.05. The van der Waals surface area contributed by atoms with E-state index in [0.29, 0.717) is 30.0 Å². The Bertz CT molecular complexity index is 886. The maximum absolute atomic E-state index is 12.2. The van der Waals surface area contributed by atoms with Gasteiger partial charge < -0.3 is 9.47 Å². The molecule has 6 heteroatoms. The van der Waals surface area contributed by atoms with Gasteiger partial charge in [-0.1, -0.05) is 30.3 Å². The summed E-state index contributed by atoms with van der Waals surface area (Å²) >= 11 is 0. The first-order chi connectivity index (χ1) is 12.7. The van der Waals surface area contributed by atoms with Gasteiger partial charge in [0.1, 0.15) is 5.75 Å². The van der Waals surface area contributed by atoms with Crippen LogP contribution in [0.25, 0.3) is 0 Å². The van der Waals surface area contributed by atoms with Gasteiger partial charge in [0.2, 0.25) is 0 Å². The van der Waals surface area contributed by atoms with E-state index in [1.807, 2.05) is 30.3 Å². The van der Waals surface area contributed by atoms with E-state index in [4.69, 9.17) is 9.47 Å². The number of ether oxygens (including phenoxy) is 2. The second-order valence-corrected chi connectivity index (χ2v) is 5.55. The van der Waals surface area contributed by atoms with Crippen LogP contribution in [0, 0.1) is 0 Å². The Morgan fingerprint density at radius 2 is 1.69 bits per heavy atom. The molecular formula is C20H18N2O4. The lowest BCUT2D eigenvalue weighted by molar-refractivity contribution is 0.0526. The van der Waals surface area contributed by atoms with Crippen LogP contribution in [-0.2, 0) is 11.3 Å². The van der Waals surface area contributed by atoms with Crippen LogP contribution in [0.15, 0.2) is 67.0 Å². The molecule has 3 aromatic rings. The Kier molecular flexibility index (Phi) is 5.43. The van der Waals surface area contributed by atoms with Crippen molar-refractivity contribution in [1.82, 2.24) is 9.78 Å². The molecule has 132 valence electrons. The molecule has 1 heterocycles. The summed E-state index contributed by atoms with van der Waals surface area (Å²) in [6.45, 7) is 2.62. The number of rotatable bonds is 6. The fourth-order valence-corrected chi connectivity index (χ4v) is 2.37. The lowest BCUT2D eigenvalue weighted by Crippen LogP contribution is -2.08. The van der Waals surface area contributed by atoms with Gasteiger partial charge in [-0.15, -0.1) is 0 Å². The number of benzene rings is 2. The predicted molar refractivity (Wildman–Crippen MR) is 95.1 cm³/mol. The fourth-order valence-electron chi connectivity index (χ4n) is 2.37. The number of hydrogen-bond donors (Lipinski definition) is 0. The zero-order valence-electron chi connectivity index (χ0n) is 14.3. The quantitative estimate of drug-likeness (QED) is 0.504. The molecule has 0 saturated heterocycles. The number of aromatic nitrogens is 2. The second-order valence-electron chi connectivity index (χ2n) is 5.55. The number of carbonyl (C=O) groups excluding carboxylic acids is 2. The molecule has 6 nitrogen and oxygen atoms in total. The van der Waals surface area contributed by atoms with Crippen molar-refractivity contribution in [1.29, 1.82) is 0 Å². The van der Waals surface area contributed by atoms with Crippen LogP contribution in [0.2, 0.25) is 0 Å². The Morgan fingerprint density at radius 3 is 2.38 bits per heavy atom. The first kappa shape index (κ1) is 17.4. The summed E-state index contributed by atoms with van der Waals surface area (Å²) in [5, 5.41) is 4.19. The largest absolute Gasteiger partial charge is 0.462 e. The van der Waals surface area contributed by atoms with Gasteiger partial charge in [0.15, 0.2) is 0 Å². The predicted octanol–water partition coefficient (Wildman–Crippen LogP) is 3.33. The summed E-state index contributed by atoms with van der Waals surface area (Å²) in [6.07, 6.45) is 3.11. The third kappa shape index (κ3) is 4.36. The molecule has 0 radical (unpaired) electrons. The molecule has 26 heavy (non-hydrogen) atoms. The monoisotopic (exact) mass is 350 g/mol. The first-order valence-corrected chi connectivity index (χ1v) is 8.21. The molecule has 0 amide bonds. The van der Waals surface area contributed by atoms with E-state index in [9.17, 15) is 9.59 Å². The second kappa shape index (κ2) is 8.11. The van der Waals surface area contributed by atoms with Crippen molar-refractivity contribution >= 4 is 11.9 Å². The molecule has 0 spiro atoms. The van der Waals surface area contributed by atoms with E-state index < -0.39 is 11.9 Å². The van der Waals surface area contributed by atoms with Crippen LogP contribution < -0.4 is 4.74 Å². The van der Waals surface area contributed by atoms with E-state index in [1.54, 1.807) is 42.1 Å². The van der Waals surface area contributed by atoms with Gasteiger partial charge in [-0.25, -0.2) is 9.59 Å². The highest BCUT2D eigenvalue weighted by Gasteiger charge is 2.13. The van der Waals surface area contributed by atoms with Crippen LogP contribution in [0.5, 0.6) is 5.75 Å². The highest BCUT2D eigenvalue weighted by Crippen LogP contribution is 2.15. The van der Waals surface area contributed by atoms with Gasteiger partial charge in [0, 0.05) is 6.20 Å². The van der Waals surface area contributed by atoms with E-state index in [2.05, 4.69) is 5.10 Å². The van der Waals surface area contributed by atoms with Gasteiger partial charge in [0.05, 0.1) is 30.5 Å². The van der Waals surface area contributed by atoms with Crippen molar-refractivity contribution in [2.45, 2.75) is 13.5 Å². The summed E-state index contributed by atoms with van der Waals surface area (Å²) in [4.78, 5) is 23.8. The smallest absolute Gasteiger partial charge is 0.346 e. The summed E-state index contributed by atoms with van der Waals surface area (Å²) in [5.74, 6) is -0.570. The minimum absolute atomic E-state index is 0.308. The number of esters is 2. The maximum Gasteiger partial charge on any atom is 0.346 e. The third-order valence-electron chi connectivity index (χ3n) is 3.63.